The average molecular weight is 203 g/mol. The molecule has 1 amide bonds. The molecule has 0 atom stereocenters. The summed E-state index contributed by atoms with van der Waals surface area (Å²) in [6.07, 6.45) is -0.0890. The van der Waals surface area contributed by atoms with Crippen molar-refractivity contribution in [2.45, 2.75) is 12.8 Å². The smallest absolute Gasteiger partial charge is 0.303 e. The van der Waals surface area contributed by atoms with Crippen molar-refractivity contribution in [1.82, 2.24) is 10.6 Å². The Balaban J connectivity index is 3.22. The lowest BCUT2D eigenvalue weighted by molar-refractivity contribution is -0.138. The van der Waals surface area contributed by atoms with Crippen LogP contribution in [0.3, 0.4) is 0 Å². The fourth-order valence-electron chi connectivity index (χ4n) is 0.826. The van der Waals surface area contributed by atoms with Crippen molar-refractivity contribution in [3.8, 4) is 0 Å². The number of hydrogen-bond acceptors (Lipinski definition) is 4. The average Bonchev–Trinajstić information content (AvgIpc) is 2.14. The maximum Gasteiger partial charge on any atom is 0.303 e. The molecule has 0 aliphatic heterocycles. The predicted molar refractivity (Wildman–Crippen MR) is 51.8 cm³/mol. The predicted octanol–water partition coefficient (Wildman–Crippen LogP) is -1.48. The zero-order valence-corrected chi connectivity index (χ0v) is 8.08. The van der Waals surface area contributed by atoms with Crippen molar-refractivity contribution in [3.63, 3.8) is 0 Å². The van der Waals surface area contributed by atoms with Crippen LogP contribution >= 0.6 is 0 Å². The molecule has 0 saturated heterocycles. The van der Waals surface area contributed by atoms with Crippen molar-refractivity contribution in [1.29, 1.82) is 0 Å². The second-order valence-electron chi connectivity index (χ2n) is 2.78. The molecule has 0 aromatic heterocycles. The van der Waals surface area contributed by atoms with E-state index in [-0.39, 0.29) is 18.7 Å². The fourth-order valence-corrected chi connectivity index (χ4v) is 0.826. The summed E-state index contributed by atoms with van der Waals surface area (Å²) in [6.45, 7) is 2.42. The van der Waals surface area contributed by atoms with E-state index in [2.05, 4.69) is 10.6 Å². The maximum absolute atomic E-state index is 11.0. The van der Waals surface area contributed by atoms with Crippen LogP contribution in [0.5, 0.6) is 0 Å². The van der Waals surface area contributed by atoms with E-state index in [1.165, 1.54) is 0 Å². The fraction of sp³-hybridized carbons (Fsp3) is 0.750. The van der Waals surface area contributed by atoms with Crippen molar-refractivity contribution >= 4 is 11.9 Å². The minimum atomic E-state index is -0.957. The van der Waals surface area contributed by atoms with Crippen LogP contribution in [-0.2, 0) is 9.59 Å². The monoisotopic (exact) mass is 203 g/mol. The van der Waals surface area contributed by atoms with Gasteiger partial charge in [0.1, 0.15) is 0 Å². The Morgan fingerprint density at radius 2 is 1.86 bits per heavy atom. The zero-order valence-electron chi connectivity index (χ0n) is 8.08. The highest BCUT2D eigenvalue weighted by atomic mass is 16.4. The van der Waals surface area contributed by atoms with Gasteiger partial charge in [-0.3, -0.25) is 9.59 Å². The molecule has 0 aromatic rings. The third-order valence-electron chi connectivity index (χ3n) is 1.51. The highest BCUT2D eigenvalue weighted by Gasteiger charge is 2.03. The molecule has 0 aromatic carbocycles. The maximum atomic E-state index is 11.0. The Kier molecular flexibility index (Phi) is 7.77. The molecule has 82 valence electrons. The van der Waals surface area contributed by atoms with Crippen molar-refractivity contribution in [2.75, 3.05) is 26.2 Å². The Morgan fingerprint density at radius 1 is 1.14 bits per heavy atom. The molecular weight excluding hydrogens is 186 g/mol. The second kappa shape index (κ2) is 8.46. The molecule has 5 N–H and O–H groups in total. The van der Waals surface area contributed by atoms with Gasteiger partial charge in [0.15, 0.2) is 0 Å². The van der Waals surface area contributed by atoms with Crippen LogP contribution in [0, 0.1) is 0 Å². The van der Waals surface area contributed by atoms with Crippen LogP contribution in [0.25, 0.3) is 0 Å². The van der Waals surface area contributed by atoms with E-state index in [1.54, 1.807) is 0 Å². The number of hydrogen-bond donors (Lipinski definition) is 4. The minimum absolute atomic E-state index is 0.0340. The normalized spacial score (nSPS) is 9.79. The number of nitrogens with one attached hydrogen (secondary N) is 2. The van der Waals surface area contributed by atoms with E-state index >= 15 is 0 Å². The summed E-state index contributed by atoms with van der Waals surface area (Å²) < 4.78 is 0. The number of carbonyl (C=O) groups excluding carboxylic acids is 1. The Labute approximate surface area is 82.9 Å². The van der Waals surface area contributed by atoms with Gasteiger partial charge in [-0.05, 0) is 0 Å². The number of amides is 1. The summed E-state index contributed by atoms with van der Waals surface area (Å²) in [4.78, 5) is 21.1. The summed E-state index contributed by atoms with van der Waals surface area (Å²) in [5.74, 6) is -1.19. The minimum Gasteiger partial charge on any atom is -0.481 e. The van der Waals surface area contributed by atoms with Gasteiger partial charge in [-0.15, -0.1) is 0 Å². The molecule has 14 heavy (non-hydrogen) atoms. The molecule has 0 unspecified atom stereocenters. The molecular formula is C8H17N3O3. The molecule has 6 nitrogen and oxygen atoms in total. The van der Waals surface area contributed by atoms with E-state index in [1.807, 2.05) is 0 Å². The zero-order chi connectivity index (χ0) is 10.8. The molecule has 6 heteroatoms. The lowest BCUT2D eigenvalue weighted by Crippen LogP contribution is -2.33. The van der Waals surface area contributed by atoms with Crippen molar-refractivity contribution in [3.05, 3.63) is 0 Å². The number of carbonyl (C=O) groups is 2. The highest BCUT2D eigenvalue weighted by Crippen LogP contribution is 1.87. The van der Waals surface area contributed by atoms with Crippen molar-refractivity contribution < 1.29 is 14.7 Å². The van der Waals surface area contributed by atoms with Gasteiger partial charge in [0.05, 0.1) is 6.42 Å². The number of aliphatic carboxylic acids is 1. The standard InChI is InChI=1S/C8H17N3O3/c9-3-4-10-5-6-11-7(12)1-2-8(13)14/h10H,1-6,9H2,(H,11,12)(H,13,14). The second-order valence-corrected chi connectivity index (χ2v) is 2.78. The first kappa shape index (κ1) is 12.9. The third kappa shape index (κ3) is 8.95. The SMILES string of the molecule is NCCNCCNC(=O)CCC(=O)O. The number of carboxylic acid groups (broad SMARTS) is 1. The van der Waals surface area contributed by atoms with Crippen LogP contribution in [0.2, 0.25) is 0 Å². The number of rotatable bonds is 8. The Morgan fingerprint density at radius 3 is 2.43 bits per heavy atom. The molecule has 0 aliphatic carbocycles. The van der Waals surface area contributed by atoms with Crippen LogP contribution in [0.1, 0.15) is 12.8 Å². The first-order chi connectivity index (χ1) is 6.66. The van der Waals surface area contributed by atoms with Crippen LogP contribution in [0.15, 0.2) is 0 Å². The molecule has 0 spiro atoms. The highest BCUT2D eigenvalue weighted by molar-refractivity contribution is 5.80. The van der Waals surface area contributed by atoms with Crippen LogP contribution in [-0.4, -0.2) is 43.2 Å². The molecule has 0 rings (SSSR count). The number of nitrogens with two attached hydrogens (primary N) is 1. The van der Waals surface area contributed by atoms with E-state index in [0.717, 1.165) is 0 Å². The van der Waals surface area contributed by atoms with Crippen molar-refractivity contribution in [2.24, 2.45) is 5.73 Å². The van der Waals surface area contributed by atoms with E-state index in [4.69, 9.17) is 10.8 Å². The lowest BCUT2D eigenvalue weighted by atomic mass is 10.3. The topological polar surface area (TPSA) is 104 Å². The molecule has 0 radical (unpaired) electrons. The lowest BCUT2D eigenvalue weighted by Gasteiger charge is -2.04. The van der Waals surface area contributed by atoms with Gasteiger partial charge in [0.25, 0.3) is 0 Å². The molecule has 0 bridgehead atoms. The largest absolute Gasteiger partial charge is 0.481 e. The molecule has 0 saturated carbocycles. The number of carboxylic acids is 1. The van der Waals surface area contributed by atoms with E-state index in [0.29, 0.717) is 26.2 Å². The van der Waals surface area contributed by atoms with Gasteiger partial charge in [-0.2, -0.15) is 0 Å². The first-order valence-corrected chi connectivity index (χ1v) is 4.56. The van der Waals surface area contributed by atoms with Gasteiger partial charge < -0.3 is 21.5 Å². The quantitative estimate of drug-likeness (QED) is 0.360. The Hall–Kier alpha value is -1.14. The van der Waals surface area contributed by atoms with E-state index in [9.17, 15) is 9.59 Å². The molecule has 0 heterocycles. The summed E-state index contributed by atoms with van der Waals surface area (Å²) in [6, 6.07) is 0. The Bertz CT molecular complexity index is 185. The van der Waals surface area contributed by atoms with Crippen LogP contribution in [0.4, 0.5) is 0 Å². The molecule has 0 aliphatic rings. The molecule has 0 fully saturated rings. The summed E-state index contributed by atoms with van der Waals surface area (Å²) in [7, 11) is 0. The van der Waals surface area contributed by atoms with Gasteiger partial charge >= 0.3 is 5.97 Å². The summed E-state index contributed by atoms with van der Waals surface area (Å²) >= 11 is 0. The van der Waals surface area contributed by atoms with E-state index < -0.39 is 5.97 Å². The summed E-state index contributed by atoms with van der Waals surface area (Å²) in [5, 5.41) is 13.9. The third-order valence-corrected chi connectivity index (χ3v) is 1.51. The van der Waals surface area contributed by atoms with Gasteiger partial charge in [0, 0.05) is 32.6 Å². The van der Waals surface area contributed by atoms with Gasteiger partial charge in [0.2, 0.25) is 5.91 Å². The van der Waals surface area contributed by atoms with Gasteiger partial charge in [-0.1, -0.05) is 0 Å². The summed E-state index contributed by atoms with van der Waals surface area (Å²) in [5.41, 5.74) is 5.24. The van der Waals surface area contributed by atoms with Crippen LogP contribution < -0.4 is 16.4 Å². The first-order valence-electron chi connectivity index (χ1n) is 4.56. The van der Waals surface area contributed by atoms with Gasteiger partial charge in [-0.25, -0.2) is 0 Å².